The van der Waals surface area contributed by atoms with Crippen LogP contribution in [0.15, 0.2) is 53.5 Å². The summed E-state index contributed by atoms with van der Waals surface area (Å²) in [6, 6.07) is 15.4. The van der Waals surface area contributed by atoms with Crippen LogP contribution in [0.5, 0.6) is 0 Å². The van der Waals surface area contributed by atoms with Gasteiger partial charge in [-0.05, 0) is 30.2 Å². The van der Waals surface area contributed by atoms with Crippen LogP contribution in [0.4, 0.5) is 4.79 Å². The number of amides is 3. The summed E-state index contributed by atoms with van der Waals surface area (Å²) in [5.41, 5.74) is 3.53. The maximum Gasteiger partial charge on any atom is 0.325 e. The van der Waals surface area contributed by atoms with E-state index >= 15 is 0 Å². The molecule has 3 heterocycles. The molecule has 0 saturated carbocycles. The molecule has 0 aromatic heterocycles. The third kappa shape index (κ3) is 4.48. The number of fused-ring (bicyclic) bond motifs is 1. The Hall–Kier alpha value is -3.10. The zero-order chi connectivity index (χ0) is 23.8. The molecule has 2 fully saturated rings. The molecule has 3 amide bonds. The molecule has 178 valence electrons. The van der Waals surface area contributed by atoms with Crippen LogP contribution in [-0.2, 0) is 17.9 Å². The lowest BCUT2D eigenvalue weighted by molar-refractivity contribution is -0.127. The smallest absolute Gasteiger partial charge is 0.325 e. The van der Waals surface area contributed by atoms with Crippen molar-refractivity contribution in [2.24, 2.45) is 4.99 Å². The summed E-state index contributed by atoms with van der Waals surface area (Å²) in [5.74, 6) is 0.499. The maximum absolute atomic E-state index is 12.9. The van der Waals surface area contributed by atoms with Gasteiger partial charge in [0.05, 0.1) is 0 Å². The third-order valence-electron chi connectivity index (χ3n) is 6.79. The lowest BCUT2D eigenvalue weighted by Crippen LogP contribution is -2.64. The first-order valence-corrected chi connectivity index (χ1v) is 12.0. The number of rotatable bonds is 4. The van der Waals surface area contributed by atoms with Gasteiger partial charge in [-0.1, -0.05) is 53.6 Å². The van der Waals surface area contributed by atoms with Gasteiger partial charge in [0.2, 0.25) is 0 Å². The fraction of sp³-hybridized carbons (Fsp3) is 0.400. The minimum Gasteiger partial charge on any atom is -0.340 e. The number of likely N-dealkylation sites (N-methyl/N-ethyl adjacent to an activating group) is 1. The predicted molar refractivity (Wildman–Crippen MR) is 131 cm³/mol. The molecule has 9 heteroatoms. The molecule has 3 aliphatic rings. The SMILES string of the molecule is Cc1ccc(CN2C(N3CCN(Cc4ccc(Cl)cc4)CC3)=NC3C2C(=O)NC(=O)N3C)cc1. The molecule has 2 aromatic carbocycles. The van der Waals surface area contributed by atoms with E-state index in [0.717, 1.165) is 49.3 Å². The van der Waals surface area contributed by atoms with Crippen LogP contribution in [0, 0.1) is 6.92 Å². The van der Waals surface area contributed by atoms with E-state index < -0.39 is 18.2 Å². The fourth-order valence-electron chi connectivity index (χ4n) is 4.79. The highest BCUT2D eigenvalue weighted by molar-refractivity contribution is 6.30. The zero-order valence-corrected chi connectivity index (χ0v) is 20.2. The topological polar surface area (TPSA) is 71.5 Å². The van der Waals surface area contributed by atoms with E-state index in [0.29, 0.717) is 6.54 Å². The minimum atomic E-state index is -0.536. The highest BCUT2D eigenvalue weighted by Gasteiger charge is 2.49. The largest absolute Gasteiger partial charge is 0.340 e. The average molecular weight is 481 g/mol. The van der Waals surface area contributed by atoms with Gasteiger partial charge in [0.15, 0.2) is 18.2 Å². The number of hydrogen-bond acceptors (Lipinski definition) is 6. The van der Waals surface area contributed by atoms with Crippen molar-refractivity contribution >= 4 is 29.5 Å². The first-order chi connectivity index (χ1) is 16.4. The van der Waals surface area contributed by atoms with Gasteiger partial charge < -0.3 is 14.7 Å². The Balaban J connectivity index is 1.33. The summed E-state index contributed by atoms with van der Waals surface area (Å²) in [4.78, 5) is 38.3. The van der Waals surface area contributed by atoms with Crippen LogP contribution >= 0.6 is 11.6 Å². The number of urea groups is 1. The number of carbonyl (C=O) groups is 2. The molecule has 0 aliphatic carbocycles. The summed E-state index contributed by atoms with van der Waals surface area (Å²) >= 11 is 6.02. The van der Waals surface area contributed by atoms with E-state index in [4.69, 9.17) is 16.6 Å². The van der Waals surface area contributed by atoms with Gasteiger partial charge in [-0.2, -0.15) is 0 Å². The highest BCUT2D eigenvalue weighted by atomic mass is 35.5. The molecule has 0 radical (unpaired) electrons. The lowest BCUT2D eigenvalue weighted by atomic mass is 10.1. The van der Waals surface area contributed by atoms with Crippen molar-refractivity contribution in [2.75, 3.05) is 33.2 Å². The van der Waals surface area contributed by atoms with Gasteiger partial charge in [-0.3, -0.25) is 15.0 Å². The summed E-state index contributed by atoms with van der Waals surface area (Å²) in [5, 5.41) is 3.23. The number of imide groups is 1. The number of guanidine groups is 1. The number of aryl methyl sites for hydroxylation is 1. The summed E-state index contributed by atoms with van der Waals surface area (Å²) < 4.78 is 0. The van der Waals surface area contributed by atoms with E-state index in [-0.39, 0.29) is 5.91 Å². The zero-order valence-electron chi connectivity index (χ0n) is 19.4. The van der Waals surface area contributed by atoms with E-state index in [1.54, 1.807) is 7.05 Å². The number of nitrogens with zero attached hydrogens (tertiary/aromatic N) is 5. The predicted octanol–water partition coefficient (Wildman–Crippen LogP) is 2.51. The molecule has 0 spiro atoms. The number of piperazine rings is 1. The number of nitrogens with one attached hydrogen (secondary N) is 1. The van der Waals surface area contributed by atoms with Crippen LogP contribution in [0.2, 0.25) is 5.02 Å². The molecule has 3 aliphatic heterocycles. The Morgan fingerprint density at radius 2 is 1.56 bits per heavy atom. The van der Waals surface area contributed by atoms with Crippen molar-refractivity contribution in [2.45, 2.75) is 32.2 Å². The van der Waals surface area contributed by atoms with Gasteiger partial charge in [0.1, 0.15) is 0 Å². The van der Waals surface area contributed by atoms with E-state index in [2.05, 4.69) is 63.3 Å². The fourth-order valence-corrected chi connectivity index (χ4v) is 4.91. The Bertz CT molecular complexity index is 1100. The van der Waals surface area contributed by atoms with Gasteiger partial charge in [0, 0.05) is 51.3 Å². The molecular formula is C25H29ClN6O2. The Kier molecular flexibility index (Phi) is 6.18. The molecule has 2 atom stereocenters. The molecule has 2 unspecified atom stereocenters. The second kappa shape index (κ2) is 9.27. The number of benzene rings is 2. The number of hydrogen-bond donors (Lipinski definition) is 1. The van der Waals surface area contributed by atoms with E-state index in [1.165, 1.54) is 16.0 Å². The molecule has 5 rings (SSSR count). The maximum atomic E-state index is 12.9. The average Bonchev–Trinajstić information content (AvgIpc) is 3.21. The first-order valence-electron chi connectivity index (χ1n) is 11.6. The highest BCUT2D eigenvalue weighted by Crippen LogP contribution is 2.28. The second-order valence-electron chi connectivity index (χ2n) is 9.20. The van der Waals surface area contributed by atoms with Crippen LogP contribution in [0.3, 0.4) is 0 Å². The standard InChI is InChI=1S/C25H29ClN6O2/c1-17-3-5-19(6-4-17)16-32-21-22(29(2)25(34)28-23(21)33)27-24(32)31-13-11-30(12-14-31)15-18-7-9-20(26)10-8-18/h3-10,21-22H,11-16H2,1-2H3,(H,28,33,34). The lowest BCUT2D eigenvalue weighted by Gasteiger charge is -2.40. The number of aliphatic imine (C=N–C) groups is 1. The molecule has 34 heavy (non-hydrogen) atoms. The Morgan fingerprint density at radius 3 is 2.24 bits per heavy atom. The van der Waals surface area contributed by atoms with Gasteiger partial charge in [-0.15, -0.1) is 0 Å². The van der Waals surface area contributed by atoms with Crippen LogP contribution < -0.4 is 5.32 Å². The van der Waals surface area contributed by atoms with E-state index in [1.807, 2.05) is 12.1 Å². The van der Waals surface area contributed by atoms with Crippen molar-refractivity contribution in [1.82, 2.24) is 24.9 Å². The normalized spacial score (nSPS) is 23.1. The number of carbonyl (C=O) groups excluding carboxylic acids is 2. The summed E-state index contributed by atoms with van der Waals surface area (Å²) in [6.07, 6.45) is -0.520. The van der Waals surface area contributed by atoms with Crippen LogP contribution in [0.1, 0.15) is 16.7 Å². The monoisotopic (exact) mass is 480 g/mol. The van der Waals surface area contributed by atoms with Crippen molar-refractivity contribution in [3.63, 3.8) is 0 Å². The van der Waals surface area contributed by atoms with Gasteiger partial charge in [-0.25, -0.2) is 9.79 Å². The van der Waals surface area contributed by atoms with Crippen molar-refractivity contribution < 1.29 is 9.59 Å². The Labute approximate surface area is 204 Å². The van der Waals surface area contributed by atoms with Crippen LogP contribution in [-0.4, -0.2) is 82.9 Å². The van der Waals surface area contributed by atoms with Gasteiger partial charge in [0.25, 0.3) is 5.91 Å². The van der Waals surface area contributed by atoms with Crippen molar-refractivity contribution in [3.8, 4) is 0 Å². The molecule has 2 saturated heterocycles. The molecule has 1 N–H and O–H groups in total. The van der Waals surface area contributed by atoms with Gasteiger partial charge >= 0.3 is 6.03 Å². The van der Waals surface area contributed by atoms with Crippen molar-refractivity contribution in [1.29, 1.82) is 0 Å². The molecule has 0 bridgehead atoms. The van der Waals surface area contributed by atoms with Crippen molar-refractivity contribution in [3.05, 3.63) is 70.2 Å². The third-order valence-corrected chi connectivity index (χ3v) is 7.04. The summed E-state index contributed by atoms with van der Waals surface area (Å²) in [6.45, 7) is 6.86. The second-order valence-corrected chi connectivity index (χ2v) is 9.63. The van der Waals surface area contributed by atoms with Crippen LogP contribution in [0.25, 0.3) is 0 Å². The molecule has 2 aromatic rings. The first kappa shape index (κ1) is 22.7. The quantitative estimate of drug-likeness (QED) is 0.728. The Morgan fingerprint density at radius 1 is 0.941 bits per heavy atom. The summed E-state index contributed by atoms with van der Waals surface area (Å²) in [7, 11) is 1.69. The molecule has 8 nitrogen and oxygen atoms in total. The van der Waals surface area contributed by atoms with E-state index in [9.17, 15) is 9.59 Å². The minimum absolute atomic E-state index is 0.291. The molecular weight excluding hydrogens is 452 g/mol. The number of halogens is 1.